The van der Waals surface area contributed by atoms with Crippen molar-refractivity contribution in [1.82, 2.24) is 4.90 Å². The van der Waals surface area contributed by atoms with E-state index in [1.165, 1.54) is 4.90 Å². The summed E-state index contributed by atoms with van der Waals surface area (Å²) >= 11 is 6.65. The molecule has 1 atom stereocenters. The van der Waals surface area contributed by atoms with Crippen molar-refractivity contribution in [3.63, 3.8) is 0 Å². The first kappa shape index (κ1) is 16.9. The van der Waals surface area contributed by atoms with Crippen molar-refractivity contribution in [2.45, 2.75) is 12.5 Å². The zero-order valence-corrected chi connectivity index (χ0v) is 15.1. The lowest BCUT2D eigenvalue weighted by molar-refractivity contribution is 0.0655. The average Bonchev–Trinajstić information content (AvgIpc) is 2.74. The number of carbonyl (C=O) groups is 1. The first-order valence-electron chi connectivity index (χ1n) is 6.41. The van der Waals surface area contributed by atoms with Crippen molar-refractivity contribution in [3.05, 3.63) is 32.7 Å². The van der Waals surface area contributed by atoms with Crippen LogP contribution in [-0.2, 0) is 9.84 Å². The van der Waals surface area contributed by atoms with E-state index >= 15 is 0 Å². The molecule has 0 spiro atoms. The normalized spacial score (nSPS) is 20.4. The minimum absolute atomic E-state index is 0.0338. The fraction of sp³-hybridized carbons (Fsp3) is 0.462. The third-order valence-electron chi connectivity index (χ3n) is 3.36. The van der Waals surface area contributed by atoms with E-state index in [1.54, 1.807) is 12.1 Å². The number of hydrogen-bond acceptors (Lipinski definition) is 4. The van der Waals surface area contributed by atoms with Gasteiger partial charge in [-0.15, -0.1) is 0 Å². The van der Waals surface area contributed by atoms with E-state index in [4.69, 9.17) is 0 Å². The summed E-state index contributed by atoms with van der Waals surface area (Å²) in [4.78, 5) is 14.1. The van der Waals surface area contributed by atoms with Gasteiger partial charge < -0.3 is 10.0 Å². The molecule has 1 heterocycles. The standard InChI is InChI=1S/C13H15Br2NO4S/c14-10-5-9(6-11(15)7-10)13(18)16(2-3-17)12-1-4-21(19,20)8-12/h5-7,12,17H,1-4,8H2. The third kappa shape index (κ3) is 4.28. The summed E-state index contributed by atoms with van der Waals surface area (Å²) in [6.07, 6.45) is 0.420. The van der Waals surface area contributed by atoms with Gasteiger partial charge in [0.25, 0.3) is 5.91 Å². The molecule has 0 aromatic heterocycles. The summed E-state index contributed by atoms with van der Waals surface area (Å²) in [5, 5.41) is 9.17. The van der Waals surface area contributed by atoms with Crippen molar-refractivity contribution < 1.29 is 18.3 Å². The van der Waals surface area contributed by atoms with Crippen LogP contribution in [0, 0.1) is 0 Å². The molecule has 1 aromatic carbocycles. The maximum Gasteiger partial charge on any atom is 0.254 e. The molecular weight excluding hydrogens is 426 g/mol. The second-order valence-electron chi connectivity index (χ2n) is 4.94. The summed E-state index contributed by atoms with van der Waals surface area (Å²) in [6, 6.07) is 4.81. The Bertz CT molecular complexity index is 627. The van der Waals surface area contributed by atoms with Crippen LogP contribution in [0.3, 0.4) is 0 Å². The number of rotatable bonds is 4. The Balaban J connectivity index is 2.27. The number of aliphatic hydroxyl groups excluding tert-OH is 1. The molecule has 0 bridgehead atoms. The number of nitrogens with zero attached hydrogens (tertiary/aromatic N) is 1. The van der Waals surface area contributed by atoms with E-state index in [9.17, 15) is 18.3 Å². The number of aliphatic hydroxyl groups is 1. The van der Waals surface area contributed by atoms with Gasteiger partial charge >= 0.3 is 0 Å². The van der Waals surface area contributed by atoms with Gasteiger partial charge in [-0.1, -0.05) is 31.9 Å². The molecule has 0 radical (unpaired) electrons. The second-order valence-corrected chi connectivity index (χ2v) is 9.00. The van der Waals surface area contributed by atoms with Crippen molar-refractivity contribution in [2.24, 2.45) is 0 Å². The predicted octanol–water partition coefficient (Wildman–Crippen LogP) is 1.83. The van der Waals surface area contributed by atoms with Gasteiger partial charge in [0.05, 0.1) is 18.1 Å². The molecule has 21 heavy (non-hydrogen) atoms. The molecule has 1 amide bonds. The Morgan fingerprint density at radius 1 is 1.29 bits per heavy atom. The van der Waals surface area contributed by atoms with Gasteiger partial charge in [-0.25, -0.2) is 8.42 Å². The number of carbonyl (C=O) groups excluding carboxylic acids is 1. The van der Waals surface area contributed by atoms with Gasteiger partial charge in [0.2, 0.25) is 0 Å². The zero-order valence-electron chi connectivity index (χ0n) is 11.1. The Morgan fingerprint density at radius 2 is 1.90 bits per heavy atom. The lowest BCUT2D eigenvalue weighted by atomic mass is 10.1. The predicted molar refractivity (Wildman–Crippen MR) is 87.0 cm³/mol. The molecule has 8 heteroatoms. The van der Waals surface area contributed by atoms with E-state index in [1.807, 2.05) is 6.07 Å². The Hall–Kier alpha value is -0.440. The highest BCUT2D eigenvalue weighted by Gasteiger charge is 2.34. The van der Waals surface area contributed by atoms with E-state index in [-0.39, 0.29) is 36.6 Å². The monoisotopic (exact) mass is 439 g/mol. The lowest BCUT2D eigenvalue weighted by Gasteiger charge is -2.27. The van der Waals surface area contributed by atoms with Crippen LogP contribution in [0.4, 0.5) is 0 Å². The summed E-state index contributed by atoms with van der Waals surface area (Å²) in [7, 11) is -3.08. The molecule has 1 aliphatic rings. The van der Waals surface area contributed by atoms with Crippen molar-refractivity contribution in [1.29, 1.82) is 0 Å². The largest absolute Gasteiger partial charge is 0.395 e. The topological polar surface area (TPSA) is 74.7 Å². The Morgan fingerprint density at radius 3 is 2.38 bits per heavy atom. The zero-order chi connectivity index (χ0) is 15.6. The SMILES string of the molecule is O=C(c1cc(Br)cc(Br)c1)N(CCO)C1CCS(=O)(=O)C1. The van der Waals surface area contributed by atoms with Gasteiger partial charge in [-0.3, -0.25) is 4.79 Å². The maximum atomic E-state index is 12.6. The summed E-state index contributed by atoms with van der Waals surface area (Å²) in [5.74, 6) is -0.212. The van der Waals surface area contributed by atoms with Crippen LogP contribution in [0.15, 0.2) is 27.1 Å². The van der Waals surface area contributed by atoms with Gasteiger partial charge in [0, 0.05) is 27.1 Å². The van der Waals surface area contributed by atoms with E-state index in [2.05, 4.69) is 31.9 Å². The molecule has 1 unspecified atom stereocenters. The van der Waals surface area contributed by atoms with Crippen LogP contribution in [0.5, 0.6) is 0 Å². The molecule has 1 fully saturated rings. The second kappa shape index (κ2) is 6.76. The highest BCUT2D eigenvalue weighted by Crippen LogP contribution is 2.24. The van der Waals surface area contributed by atoms with Crippen LogP contribution in [-0.4, -0.2) is 55.0 Å². The van der Waals surface area contributed by atoms with Crippen LogP contribution in [0.2, 0.25) is 0 Å². The van der Waals surface area contributed by atoms with Crippen LogP contribution >= 0.6 is 31.9 Å². The summed E-state index contributed by atoms with van der Waals surface area (Å²) in [6.45, 7) is -0.0688. The number of hydrogen-bond donors (Lipinski definition) is 1. The third-order valence-corrected chi connectivity index (χ3v) is 6.03. The van der Waals surface area contributed by atoms with Crippen LogP contribution in [0.25, 0.3) is 0 Å². The highest BCUT2D eigenvalue weighted by atomic mass is 79.9. The van der Waals surface area contributed by atoms with Crippen LogP contribution in [0.1, 0.15) is 16.8 Å². The highest BCUT2D eigenvalue weighted by molar-refractivity contribution is 9.11. The Kier molecular flexibility index (Phi) is 5.45. The van der Waals surface area contributed by atoms with E-state index in [0.29, 0.717) is 12.0 Å². The molecule has 2 rings (SSSR count). The quantitative estimate of drug-likeness (QED) is 0.774. The summed E-state index contributed by atoms with van der Waals surface area (Å²) in [5.41, 5.74) is 0.453. The molecule has 1 saturated heterocycles. The van der Waals surface area contributed by atoms with Gasteiger partial charge in [0.15, 0.2) is 9.84 Å². The van der Waals surface area contributed by atoms with Crippen molar-refractivity contribution in [2.75, 3.05) is 24.7 Å². The van der Waals surface area contributed by atoms with Gasteiger partial charge in [-0.2, -0.15) is 0 Å². The minimum Gasteiger partial charge on any atom is -0.395 e. The average molecular weight is 441 g/mol. The number of sulfone groups is 1. The maximum absolute atomic E-state index is 12.6. The first-order valence-corrected chi connectivity index (χ1v) is 9.81. The Labute approximate surface area is 140 Å². The molecule has 1 aromatic rings. The number of benzene rings is 1. The molecular formula is C13H15Br2NO4S. The minimum atomic E-state index is -3.08. The van der Waals surface area contributed by atoms with E-state index in [0.717, 1.165) is 8.95 Å². The fourth-order valence-corrected chi connectivity index (χ4v) is 5.45. The molecule has 5 nitrogen and oxygen atoms in total. The van der Waals surface area contributed by atoms with Crippen LogP contribution < -0.4 is 0 Å². The number of amides is 1. The van der Waals surface area contributed by atoms with Gasteiger partial charge in [0.1, 0.15) is 0 Å². The number of halogens is 2. The first-order chi connectivity index (χ1) is 9.82. The smallest absolute Gasteiger partial charge is 0.254 e. The van der Waals surface area contributed by atoms with Crippen molar-refractivity contribution in [3.8, 4) is 0 Å². The molecule has 1 aliphatic heterocycles. The molecule has 0 saturated carbocycles. The molecule has 0 aliphatic carbocycles. The fourth-order valence-electron chi connectivity index (χ4n) is 2.42. The van der Waals surface area contributed by atoms with Gasteiger partial charge in [-0.05, 0) is 24.6 Å². The molecule has 116 valence electrons. The lowest BCUT2D eigenvalue weighted by Crippen LogP contribution is -2.42. The summed E-state index contributed by atoms with van der Waals surface area (Å²) < 4.78 is 24.7. The van der Waals surface area contributed by atoms with E-state index < -0.39 is 9.84 Å². The molecule has 1 N–H and O–H groups in total. The van der Waals surface area contributed by atoms with Crippen molar-refractivity contribution >= 4 is 47.6 Å².